The zero-order valence-electron chi connectivity index (χ0n) is 15.3. The third-order valence-electron chi connectivity index (χ3n) is 4.10. The SMILES string of the molecule is COC(=O)c1nc(NC(=O)C[C@@H](c2ccsc2)n2cccc2)sc1C(C)C. The fraction of sp³-hybridized carbons (Fsp3) is 0.316. The lowest BCUT2D eigenvalue weighted by molar-refractivity contribution is -0.116. The highest BCUT2D eigenvalue weighted by Crippen LogP contribution is 2.31. The van der Waals surface area contributed by atoms with Gasteiger partial charge in [0.2, 0.25) is 5.91 Å². The lowest BCUT2D eigenvalue weighted by Gasteiger charge is -2.17. The molecule has 3 rings (SSSR count). The number of nitrogens with zero attached hydrogens (tertiary/aromatic N) is 2. The first-order valence-corrected chi connectivity index (χ1v) is 10.3. The fourth-order valence-corrected chi connectivity index (χ4v) is 4.46. The van der Waals surface area contributed by atoms with Crippen molar-refractivity contribution in [1.82, 2.24) is 9.55 Å². The summed E-state index contributed by atoms with van der Waals surface area (Å²) in [6.45, 7) is 3.95. The van der Waals surface area contributed by atoms with Gasteiger partial charge in [-0.05, 0) is 40.4 Å². The number of amides is 1. The number of aromatic nitrogens is 2. The predicted octanol–water partition coefficient (Wildman–Crippen LogP) is 4.53. The van der Waals surface area contributed by atoms with Crippen LogP contribution in [-0.4, -0.2) is 28.5 Å². The number of carbonyl (C=O) groups excluding carboxylic acids is 2. The Morgan fingerprint density at radius 2 is 2.04 bits per heavy atom. The number of methoxy groups -OCH3 is 1. The molecule has 1 atom stereocenters. The molecular formula is C19H21N3O3S2. The standard InChI is InChI=1S/C19H21N3O3S2/c1-12(2)17-16(18(24)25-3)21-19(27-17)20-15(23)10-14(13-6-9-26-11-13)22-7-4-5-8-22/h4-9,11-12,14H,10H2,1-3H3,(H,20,21,23)/t14-/m0/s1. The van der Waals surface area contributed by atoms with Crippen molar-refractivity contribution in [2.45, 2.75) is 32.2 Å². The van der Waals surface area contributed by atoms with Crippen LogP contribution >= 0.6 is 22.7 Å². The van der Waals surface area contributed by atoms with Crippen molar-refractivity contribution in [3.63, 3.8) is 0 Å². The molecule has 8 heteroatoms. The quantitative estimate of drug-likeness (QED) is 0.588. The maximum absolute atomic E-state index is 12.7. The highest BCUT2D eigenvalue weighted by atomic mass is 32.1. The Bertz CT molecular complexity index is 865. The fourth-order valence-electron chi connectivity index (χ4n) is 2.78. The first-order valence-electron chi connectivity index (χ1n) is 8.53. The number of esters is 1. The number of rotatable bonds is 7. The van der Waals surface area contributed by atoms with Crippen molar-refractivity contribution in [1.29, 1.82) is 0 Å². The maximum Gasteiger partial charge on any atom is 0.357 e. The average molecular weight is 404 g/mol. The Labute approximate surface area is 165 Å². The molecule has 1 amide bonds. The van der Waals surface area contributed by atoms with E-state index in [0.29, 0.717) is 5.13 Å². The number of nitrogens with one attached hydrogen (secondary N) is 1. The molecule has 0 aliphatic heterocycles. The molecular weight excluding hydrogens is 382 g/mol. The number of thiazole rings is 1. The van der Waals surface area contributed by atoms with Crippen molar-refractivity contribution in [3.8, 4) is 0 Å². The van der Waals surface area contributed by atoms with E-state index in [1.807, 2.05) is 59.8 Å². The number of thiophene rings is 1. The second-order valence-corrected chi connectivity index (χ2v) is 8.14. The van der Waals surface area contributed by atoms with Gasteiger partial charge in [-0.3, -0.25) is 4.79 Å². The van der Waals surface area contributed by atoms with Gasteiger partial charge in [0, 0.05) is 17.3 Å². The van der Waals surface area contributed by atoms with Crippen LogP contribution in [0.3, 0.4) is 0 Å². The molecule has 0 aliphatic carbocycles. The normalized spacial score (nSPS) is 12.1. The van der Waals surface area contributed by atoms with Gasteiger partial charge in [0.25, 0.3) is 0 Å². The molecule has 3 aromatic rings. The summed E-state index contributed by atoms with van der Waals surface area (Å²) in [6.07, 6.45) is 4.17. The Balaban J connectivity index is 1.78. The highest BCUT2D eigenvalue weighted by Gasteiger charge is 2.23. The summed E-state index contributed by atoms with van der Waals surface area (Å²) >= 11 is 2.92. The summed E-state index contributed by atoms with van der Waals surface area (Å²) in [5.74, 6) is -0.528. The molecule has 0 fully saturated rings. The second kappa shape index (κ2) is 8.49. The van der Waals surface area contributed by atoms with Gasteiger partial charge in [0.15, 0.2) is 10.8 Å². The summed E-state index contributed by atoms with van der Waals surface area (Å²) in [6, 6.07) is 5.82. The summed E-state index contributed by atoms with van der Waals surface area (Å²) in [7, 11) is 1.33. The van der Waals surface area contributed by atoms with Crippen molar-refractivity contribution in [2.75, 3.05) is 12.4 Å². The van der Waals surface area contributed by atoms with Crippen molar-refractivity contribution in [2.24, 2.45) is 0 Å². The van der Waals surface area contributed by atoms with Crippen LogP contribution in [0.25, 0.3) is 0 Å². The number of hydrogen-bond donors (Lipinski definition) is 1. The number of hydrogen-bond acceptors (Lipinski definition) is 6. The van der Waals surface area contributed by atoms with E-state index in [2.05, 4.69) is 10.3 Å². The molecule has 1 N–H and O–H groups in total. The largest absolute Gasteiger partial charge is 0.464 e. The minimum absolute atomic E-state index is 0.0872. The molecule has 3 heterocycles. The Morgan fingerprint density at radius 3 is 2.63 bits per heavy atom. The molecule has 142 valence electrons. The minimum atomic E-state index is -0.487. The Kier molecular flexibility index (Phi) is 6.08. The van der Waals surface area contributed by atoms with Crippen molar-refractivity contribution < 1.29 is 14.3 Å². The van der Waals surface area contributed by atoms with E-state index in [0.717, 1.165) is 10.4 Å². The van der Waals surface area contributed by atoms with Gasteiger partial charge in [0.05, 0.1) is 19.6 Å². The molecule has 3 aromatic heterocycles. The van der Waals surface area contributed by atoms with E-state index >= 15 is 0 Å². The molecule has 0 aliphatic rings. The van der Waals surface area contributed by atoms with Crippen molar-refractivity contribution >= 4 is 39.7 Å². The van der Waals surface area contributed by atoms with Gasteiger partial charge in [-0.25, -0.2) is 9.78 Å². The lowest BCUT2D eigenvalue weighted by atomic mass is 10.1. The lowest BCUT2D eigenvalue weighted by Crippen LogP contribution is -2.19. The zero-order valence-corrected chi connectivity index (χ0v) is 17.0. The van der Waals surface area contributed by atoms with Gasteiger partial charge < -0.3 is 14.6 Å². The van der Waals surface area contributed by atoms with Gasteiger partial charge in [0.1, 0.15) is 0 Å². The molecule has 0 unspecified atom stereocenters. The predicted molar refractivity (Wildman–Crippen MR) is 108 cm³/mol. The average Bonchev–Trinajstić information content (AvgIpc) is 3.39. The molecule has 6 nitrogen and oxygen atoms in total. The second-order valence-electron chi connectivity index (χ2n) is 6.33. The third-order valence-corrected chi connectivity index (χ3v) is 6.07. The molecule has 0 aromatic carbocycles. The van der Waals surface area contributed by atoms with Crippen LogP contribution in [0, 0.1) is 0 Å². The van der Waals surface area contributed by atoms with E-state index in [1.165, 1.54) is 18.4 Å². The monoisotopic (exact) mass is 403 g/mol. The summed E-state index contributed by atoms with van der Waals surface area (Å²) < 4.78 is 6.82. The smallest absolute Gasteiger partial charge is 0.357 e. The minimum Gasteiger partial charge on any atom is -0.464 e. The van der Waals surface area contributed by atoms with E-state index in [4.69, 9.17) is 4.74 Å². The van der Waals surface area contributed by atoms with Crippen LogP contribution in [0.1, 0.15) is 53.2 Å². The van der Waals surface area contributed by atoms with E-state index in [9.17, 15) is 9.59 Å². The van der Waals surface area contributed by atoms with E-state index in [-0.39, 0.29) is 30.0 Å². The van der Waals surface area contributed by atoms with Gasteiger partial charge in [-0.15, -0.1) is 11.3 Å². The number of ether oxygens (including phenoxy) is 1. The van der Waals surface area contributed by atoms with Crippen LogP contribution in [0.4, 0.5) is 5.13 Å². The molecule has 0 radical (unpaired) electrons. The molecule has 0 saturated heterocycles. The Hall–Kier alpha value is -2.45. The first-order chi connectivity index (χ1) is 13.0. The van der Waals surface area contributed by atoms with Crippen molar-refractivity contribution in [3.05, 3.63) is 57.5 Å². The number of anilines is 1. The van der Waals surface area contributed by atoms with E-state index in [1.54, 1.807) is 11.3 Å². The summed E-state index contributed by atoms with van der Waals surface area (Å²) in [5.41, 5.74) is 1.36. The molecule has 0 saturated carbocycles. The Morgan fingerprint density at radius 1 is 1.30 bits per heavy atom. The third kappa shape index (κ3) is 4.45. The van der Waals surface area contributed by atoms with Gasteiger partial charge in [-0.1, -0.05) is 13.8 Å². The number of carbonyl (C=O) groups is 2. The van der Waals surface area contributed by atoms with Crippen LogP contribution in [-0.2, 0) is 9.53 Å². The molecule has 0 bridgehead atoms. The van der Waals surface area contributed by atoms with Gasteiger partial charge >= 0.3 is 5.97 Å². The maximum atomic E-state index is 12.7. The van der Waals surface area contributed by atoms with E-state index < -0.39 is 5.97 Å². The van der Waals surface area contributed by atoms with Crippen LogP contribution in [0.2, 0.25) is 0 Å². The molecule has 0 spiro atoms. The topological polar surface area (TPSA) is 73.2 Å². The van der Waals surface area contributed by atoms with Crippen LogP contribution in [0.15, 0.2) is 41.4 Å². The molecule has 27 heavy (non-hydrogen) atoms. The summed E-state index contributed by atoms with van der Waals surface area (Å²) in [4.78, 5) is 29.7. The van der Waals surface area contributed by atoms with Crippen LogP contribution < -0.4 is 5.32 Å². The van der Waals surface area contributed by atoms with Crippen LogP contribution in [0.5, 0.6) is 0 Å². The highest BCUT2D eigenvalue weighted by molar-refractivity contribution is 7.16. The summed E-state index contributed by atoms with van der Waals surface area (Å²) in [5, 5.41) is 7.31. The zero-order chi connectivity index (χ0) is 19.4. The first kappa shape index (κ1) is 19.3. The van der Waals surface area contributed by atoms with Gasteiger partial charge in [-0.2, -0.15) is 11.3 Å².